The summed E-state index contributed by atoms with van der Waals surface area (Å²) in [6, 6.07) is 6.33. The lowest BCUT2D eigenvalue weighted by Gasteiger charge is -1.98. The number of aromatic nitrogens is 1. The van der Waals surface area contributed by atoms with Crippen molar-refractivity contribution in [1.29, 1.82) is 0 Å². The van der Waals surface area contributed by atoms with Gasteiger partial charge in [0, 0.05) is 22.4 Å². The Labute approximate surface area is 99.5 Å². The van der Waals surface area contributed by atoms with Crippen molar-refractivity contribution >= 4 is 11.3 Å². The van der Waals surface area contributed by atoms with E-state index in [0.717, 1.165) is 31.0 Å². The molecule has 0 bridgehead atoms. The molecule has 3 nitrogen and oxygen atoms in total. The number of rotatable bonds is 5. The average Bonchev–Trinajstić information content (AvgIpc) is 2.88. The molecule has 86 valence electrons. The Hall–Kier alpha value is -1.13. The number of nitrogens with zero attached hydrogens (tertiary/aromatic N) is 1. The molecule has 0 aliphatic heterocycles. The fourth-order valence-electron chi connectivity index (χ4n) is 1.52. The van der Waals surface area contributed by atoms with Crippen LogP contribution >= 0.6 is 11.3 Å². The topological polar surface area (TPSA) is 38.1 Å². The van der Waals surface area contributed by atoms with Gasteiger partial charge in [-0.25, -0.2) is 0 Å². The van der Waals surface area contributed by atoms with Crippen LogP contribution in [0, 0.1) is 6.92 Å². The van der Waals surface area contributed by atoms with Gasteiger partial charge in [-0.15, -0.1) is 11.3 Å². The molecule has 0 spiro atoms. The highest BCUT2D eigenvalue weighted by Gasteiger charge is 2.01. The molecule has 4 heteroatoms. The third-order valence-corrected chi connectivity index (χ3v) is 3.57. The van der Waals surface area contributed by atoms with E-state index in [0.29, 0.717) is 0 Å². The maximum absolute atomic E-state index is 5.12. The largest absolute Gasteiger partial charge is 0.360 e. The second kappa shape index (κ2) is 5.27. The highest BCUT2D eigenvalue weighted by molar-refractivity contribution is 7.11. The molecule has 0 atom stereocenters. The van der Waals surface area contributed by atoms with Crippen molar-refractivity contribution in [3.05, 3.63) is 39.4 Å². The molecular weight excluding hydrogens is 220 g/mol. The van der Waals surface area contributed by atoms with Crippen molar-refractivity contribution in [2.24, 2.45) is 0 Å². The Kier molecular flexibility index (Phi) is 3.74. The number of thiophene rings is 1. The van der Waals surface area contributed by atoms with Gasteiger partial charge in [0.15, 0.2) is 5.76 Å². The van der Waals surface area contributed by atoms with E-state index in [-0.39, 0.29) is 0 Å². The predicted octanol–water partition coefficient (Wildman–Crippen LogP) is 2.90. The molecular formula is C12H16N2OS. The monoisotopic (exact) mass is 236 g/mol. The minimum atomic E-state index is 0.736. The zero-order valence-corrected chi connectivity index (χ0v) is 10.4. The minimum absolute atomic E-state index is 0.736. The second-order valence-corrected chi connectivity index (χ2v) is 5.01. The first-order valence-electron chi connectivity index (χ1n) is 5.48. The fraction of sp³-hybridized carbons (Fsp3) is 0.417. The van der Waals surface area contributed by atoms with E-state index in [1.165, 1.54) is 9.75 Å². The van der Waals surface area contributed by atoms with Gasteiger partial charge in [-0.3, -0.25) is 0 Å². The summed E-state index contributed by atoms with van der Waals surface area (Å²) in [4.78, 5) is 2.81. The van der Waals surface area contributed by atoms with E-state index in [1.807, 2.05) is 24.3 Å². The number of aryl methyl sites for hydroxylation is 2. The van der Waals surface area contributed by atoms with E-state index in [9.17, 15) is 0 Å². The smallest absolute Gasteiger partial charge is 0.150 e. The molecule has 2 aromatic rings. The van der Waals surface area contributed by atoms with Crippen LogP contribution in [0.3, 0.4) is 0 Å². The summed E-state index contributed by atoms with van der Waals surface area (Å²) in [7, 11) is 0. The molecule has 0 radical (unpaired) electrons. The summed E-state index contributed by atoms with van der Waals surface area (Å²) in [5.74, 6) is 0.893. The van der Waals surface area contributed by atoms with Gasteiger partial charge in [-0.1, -0.05) is 12.1 Å². The van der Waals surface area contributed by atoms with E-state index in [2.05, 4.69) is 29.5 Å². The van der Waals surface area contributed by atoms with Gasteiger partial charge in [0.2, 0.25) is 0 Å². The molecule has 2 rings (SSSR count). The van der Waals surface area contributed by atoms with Crippen LogP contribution in [0.4, 0.5) is 0 Å². The Morgan fingerprint density at radius 3 is 2.75 bits per heavy atom. The first kappa shape index (κ1) is 11.4. The van der Waals surface area contributed by atoms with Crippen molar-refractivity contribution in [3.8, 4) is 0 Å². The Balaban J connectivity index is 1.79. The molecule has 1 N–H and O–H groups in total. The van der Waals surface area contributed by atoms with Crippen LogP contribution in [0.2, 0.25) is 0 Å². The van der Waals surface area contributed by atoms with Crippen LogP contribution in [-0.4, -0.2) is 5.16 Å². The maximum atomic E-state index is 5.12. The van der Waals surface area contributed by atoms with Crippen LogP contribution in [0.25, 0.3) is 0 Å². The van der Waals surface area contributed by atoms with Gasteiger partial charge in [-0.05, 0) is 25.5 Å². The van der Waals surface area contributed by atoms with Crippen LogP contribution in [0.5, 0.6) is 0 Å². The lowest BCUT2D eigenvalue weighted by molar-refractivity contribution is 0.369. The highest BCUT2D eigenvalue weighted by Crippen LogP contribution is 2.16. The molecule has 16 heavy (non-hydrogen) atoms. The maximum Gasteiger partial charge on any atom is 0.150 e. The summed E-state index contributed by atoms with van der Waals surface area (Å²) in [6.07, 6.45) is 1.12. The zero-order valence-electron chi connectivity index (χ0n) is 9.62. The number of hydrogen-bond donors (Lipinski definition) is 1. The van der Waals surface area contributed by atoms with Gasteiger partial charge in [0.25, 0.3) is 0 Å². The molecule has 0 aromatic carbocycles. The van der Waals surface area contributed by atoms with E-state index in [1.54, 1.807) is 0 Å². The van der Waals surface area contributed by atoms with Gasteiger partial charge in [0.05, 0.1) is 12.2 Å². The first-order chi connectivity index (χ1) is 7.78. The van der Waals surface area contributed by atoms with Gasteiger partial charge >= 0.3 is 0 Å². The summed E-state index contributed by atoms with van der Waals surface area (Å²) >= 11 is 1.86. The molecule has 0 amide bonds. The van der Waals surface area contributed by atoms with Gasteiger partial charge < -0.3 is 9.84 Å². The minimum Gasteiger partial charge on any atom is -0.360 e. The third-order valence-electron chi connectivity index (χ3n) is 2.34. The summed E-state index contributed by atoms with van der Waals surface area (Å²) in [6.45, 7) is 5.74. The highest BCUT2D eigenvalue weighted by atomic mass is 32.1. The van der Waals surface area contributed by atoms with Crippen molar-refractivity contribution in [1.82, 2.24) is 10.5 Å². The average molecular weight is 236 g/mol. The second-order valence-electron chi connectivity index (χ2n) is 3.76. The Bertz CT molecular complexity index is 447. The molecule has 0 fully saturated rings. The van der Waals surface area contributed by atoms with E-state index >= 15 is 0 Å². The van der Waals surface area contributed by atoms with Crippen molar-refractivity contribution in [3.63, 3.8) is 0 Å². The summed E-state index contributed by atoms with van der Waals surface area (Å²) in [5, 5.41) is 7.19. The first-order valence-corrected chi connectivity index (χ1v) is 6.30. The Morgan fingerprint density at radius 1 is 1.31 bits per heavy atom. The zero-order chi connectivity index (χ0) is 11.4. The lowest BCUT2D eigenvalue weighted by atomic mass is 10.3. The van der Waals surface area contributed by atoms with Crippen LogP contribution < -0.4 is 5.32 Å². The molecule has 2 heterocycles. The van der Waals surface area contributed by atoms with Gasteiger partial charge in [-0.2, -0.15) is 0 Å². The molecule has 0 aliphatic rings. The van der Waals surface area contributed by atoms with E-state index in [4.69, 9.17) is 4.52 Å². The van der Waals surface area contributed by atoms with Crippen LogP contribution in [-0.2, 0) is 19.5 Å². The molecule has 0 unspecified atom stereocenters. The molecule has 2 aromatic heterocycles. The van der Waals surface area contributed by atoms with Crippen molar-refractivity contribution < 1.29 is 4.52 Å². The third kappa shape index (κ3) is 2.93. The number of hydrogen-bond acceptors (Lipinski definition) is 4. The van der Waals surface area contributed by atoms with Crippen molar-refractivity contribution in [2.75, 3.05) is 0 Å². The normalized spacial score (nSPS) is 10.9. The van der Waals surface area contributed by atoms with Gasteiger partial charge in [0.1, 0.15) is 0 Å². The van der Waals surface area contributed by atoms with Crippen LogP contribution in [0.15, 0.2) is 22.7 Å². The number of nitrogens with one attached hydrogen (secondary N) is 1. The Morgan fingerprint density at radius 2 is 2.12 bits per heavy atom. The van der Waals surface area contributed by atoms with Crippen LogP contribution in [0.1, 0.15) is 28.1 Å². The lowest BCUT2D eigenvalue weighted by Crippen LogP contribution is -2.10. The molecule has 0 saturated carbocycles. The quantitative estimate of drug-likeness (QED) is 0.867. The summed E-state index contributed by atoms with van der Waals surface area (Å²) < 4.78 is 5.12. The standard InChI is InChI=1S/C12H16N2OS/c1-3-11-4-5-12(16-11)8-13-7-10-6-9(2)14-15-10/h4-6,13H,3,7-8H2,1-2H3. The predicted molar refractivity (Wildman–Crippen MR) is 65.5 cm³/mol. The fourth-order valence-corrected chi connectivity index (χ4v) is 2.44. The van der Waals surface area contributed by atoms with Crippen molar-refractivity contribution in [2.45, 2.75) is 33.4 Å². The summed E-state index contributed by atoms with van der Waals surface area (Å²) in [5.41, 5.74) is 0.932. The molecule has 0 saturated heterocycles. The van der Waals surface area contributed by atoms with E-state index < -0.39 is 0 Å². The molecule has 0 aliphatic carbocycles. The SMILES string of the molecule is CCc1ccc(CNCc2cc(C)no2)s1.